The van der Waals surface area contributed by atoms with E-state index in [2.05, 4.69) is 5.32 Å². The summed E-state index contributed by atoms with van der Waals surface area (Å²) in [6.07, 6.45) is 2.03. The van der Waals surface area contributed by atoms with Gasteiger partial charge in [0.2, 0.25) is 5.76 Å². The molecule has 0 atom stereocenters. The molecule has 2 heterocycles. The number of nitrogens with one attached hydrogen (secondary N) is 1. The standard InChI is InChI=1S/C18H21NO6S/c1-4-23-18(22)15-12(8-11(2)3)10-26-16(15)19-14(20)9-25-17(21)13-6-5-7-24-13/h5-7,10-11H,4,8-9H2,1-3H3,(H,19,20). The number of ether oxygens (including phenoxy) is 2. The van der Waals surface area contributed by atoms with Gasteiger partial charge in [-0.25, -0.2) is 9.59 Å². The molecule has 0 unspecified atom stereocenters. The molecule has 2 aromatic rings. The number of anilines is 1. The SMILES string of the molecule is CCOC(=O)c1c(CC(C)C)csc1NC(=O)COC(=O)c1ccco1. The second-order valence-corrected chi connectivity index (χ2v) is 6.76. The molecule has 0 fully saturated rings. The zero-order valence-corrected chi connectivity index (χ0v) is 15.7. The number of furan rings is 1. The maximum atomic E-state index is 12.3. The van der Waals surface area contributed by atoms with Crippen LogP contribution in [0.2, 0.25) is 0 Å². The van der Waals surface area contributed by atoms with E-state index < -0.39 is 24.5 Å². The van der Waals surface area contributed by atoms with Crippen LogP contribution in [0.4, 0.5) is 5.00 Å². The molecule has 0 aliphatic carbocycles. The number of amides is 1. The van der Waals surface area contributed by atoms with Crippen LogP contribution in [-0.2, 0) is 20.7 Å². The minimum Gasteiger partial charge on any atom is -0.462 e. The molecule has 0 aliphatic heterocycles. The Morgan fingerprint density at radius 3 is 2.62 bits per heavy atom. The maximum absolute atomic E-state index is 12.3. The molecule has 1 N–H and O–H groups in total. The molecule has 8 heteroatoms. The van der Waals surface area contributed by atoms with Crippen LogP contribution in [0.3, 0.4) is 0 Å². The number of esters is 2. The molecule has 0 spiro atoms. The minimum absolute atomic E-state index is 0.0142. The molecule has 2 rings (SSSR count). The summed E-state index contributed by atoms with van der Waals surface area (Å²) in [5.74, 6) is -1.40. The Kier molecular flexibility index (Phi) is 6.97. The number of rotatable bonds is 8. The molecule has 2 aromatic heterocycles. The van der Waals surface area contributed by atoms with Crippen molar-refractivity contribution in [3.63, 3.8) is 0 Å². The van der Waals surface area contributed by atoms with Crippen molar-refractivity contribution in [2.24, 2.45) is 5.92 Å². The molecule has 26 heavy (non-hydrogen) atoms. The van der Waals surface area contributed by atoms with Crippen LogP contribution < -0.4 is 5.32 Å². The highest BCUT2D eigenvalue weighted by atomic mass is 32.1. The van der Waals surface area contributed by atoms with E-state index in [0.29, 0.717) is 22.9 Å². The zero-order valence-electron chi connectivity index (χ0n) is 14.9. The highest BCUT2D eigenvalue weighted by molar-refractivity contribution is 7.15. The normalized spacial score (nSPS) is 10.6. The lowest BCUT2D eigenvalue weighted by molar-refractivity contribution is -0.119. The van der Waals surface area contributed by atoms with Crippen LogP contribution in [0.1, 0.15) is 47.2 Å². The van der Waals surface area contributed by atoms with Gasteiger partial charge in [-0.2, -0.15) is 0 Å². The fraction of sp³-hybridized carbons (Fsp3) is 0.389. The Morgan fingerprint density at radius 2 is 2.00 bits per heavy atom. The smallest absolute Gasteiger partial charge is 0.374 e. The summed E-state index contributed by atoms with van der Waals surface area (Å²) in [5.41, 5.74) is 1.18. The lowest BCUT2D eigenvalue weighted by Crippen LogP contribution is -2.21. The van der Waals surface area contributed by atoms with Gasteiger partial charge in [-0.3, -0.25) is 4.79 Å². The lowest BCUT2D eigenvalue weighted by atomic mass is 10.0. The Bertz CT molecular complexity index is 763. The first-order valence-corrected chi connectivity index (χ1v) is 9.08. The molecular weight excluding hydrogens is 358 g/mol. The monoisotopic (exact) mass is 379 g/mol. The lowest BCUT2D eigenvalue weighted by Gasteiger charge is -2.10. The van der Waals surface area contributed by atoms with Crippen molar-refractivity contribution in [3.8, 4) is 0 Å². The fourth-order valence-corrected chi connectivity index (χ4v) is 3.24. The van der Waals surface area contributed by atoms with Gasteiger partial charge in [-0.15, -0.1) is 11.3 Å². The van der Waals surface area contributed by atoms with Crippen LogP contribution in [-0.4, -0.2) is 31.1 Å². The molecule has 0 bridgehead atoms. The summed E-state index contributed by atoms with van der Waals surface area (Å²) in [6, 6.07) is 2.99. The summed E-state index contributed by atoms with van der Waals surface area (Å²) >= 11 is 1.24. The highest BCUT2D eigenvalue weighted by Gasteiger charge is 2.22. The summed E-state index contributed by atoms with van der Waals surface area (Å²) in [4.78, 5) is 36.0. The Labute approximate surface area is 155 Å². The van der Waals surface area contributed by atoms with Gasteiger partial charge in [0.15, 0.2) is 6.61 Å². The average Bonchev–Trinajstić information content (AvgIpc) is 3.23. The second-order valence-electron chi connectivity index (χ2n) is 5.89. The summed E-state index contributed by atoms with van der Waals surface area (Å²) in [7, 11) is 0. The van der Waals surface area contributed by atoms with Gasteiger partial charge in [-0.1, -0.05) is 13.8 Å². The maximum Gasteiger partial charge on any atom is 0.374 e. The predicted octanol–water partition coefficient (Wildman–Crippen LogP) is 3.51. The van der Waals surface area contributed by atoms with Crippen molar-refractivity contribution >= 4 is 34.2 Å². The van der Waals surface area contributed by atoms with Crippen molar-refractivity contribution in [3.05, 3.63) is 40.7 Å². The van der Waals surface area contributed by atoms with Gasteiger partial charge in [-0.05, 0) is 42.3 Å². The van der Waals surface area contributed by atoms with E-state index in [4.69, 9.17) is 13.9 Å². The minimum atomic E-state index is -0.734. The van der Waals surface area contributed by atoms with E-state index in [9.17, 15) is 14.4 Å². The number of hydrogen-bond acceptors (Lipinski definition) is 7. The first-order chi connectivity index (χ1) is 12.4. The van der Waals surface area contributed by atoms with Crippen LogP contribution >= 0.6 is 11.3 Å². The van der Waals surface area contributed by atoms with Crippen LogP contribution in [0.15, 0.2) is 28.2 Å². The van der Waals surface area contributed by atoms with Crippen molar-refractivity contribution in [2.45, 2.75) is 27.2 Å². The van der Waals surface area contributed by atoms with Gasteiger partial charge < -0.3 is 19.2 Å². The van der Waals surface area contributed by atoms with Crippen molar-refractivity contribution < 1.29 is 28.3 Å². The van der Waals surface area contributed by atoms with E-state index in [0.717, 1.165) is 5.56 Å². The van der Waals surface area contributed by atoms with Crippen molar-refractivity contribution in [1.82, 2.24) is 0 Å². The van der Waals surface area contributed by atoms with Crippen LogP contribution in [0, 0.1) is 5.92 Å². The molecule has 0 saturated heterocycles. The molecular formula is C18H21NO6S. The summed E-state index contributed by atoms with van der Waals surface area (Å²) in [5, 5.41) is 4.83. The third-order valence-electron chi connectivity index (χ3n) is 3.28. The van der Waals surface area contributed by atoms with Crippen molar-refractivity contribution in [2.75, 3.05) is 18.5 Å². The van der Waals surface area contributed by atoms with Gasteiger partial charge in [0.1, 0.15) is 5.00 Å². The fourth-order valence-electron chi connectivity index (χ4n) is 2.26. The molecule has 7 nitrogen and oxygen atoms in total. The predicted molar refractivity (Wildman–Crippen MR) is 96.4 cm³/mol. The van der Waals surface area contributed by atoms with Crippen LogP contribution in [0.5, 0.6) is 0 Å². The van der Waals surface area contributed by atoms with E-state index in [-0.39, 0.29) is 12.4 Å². The van der Waals surface area contributed by atoms with E-state index in [1.807, 2.05) is 19.2 Å². The second kappa shape index (κ2) is 9.19. The van der Waals surface area contributed by atoms with Crippen molar-refractivity contribution in [1.29, 1.82) is 0 Å². The molecule has 0 aliphatic rings. The summed E-state index contributed by atoms with van der Waals surface area (Å²) < 4.78 is 14.9. The number of hydrogen-bond donors (Lipinski definition) is 1. The topological polar surface area (TPSA) is 94.8 Å². The van der Waals surface area contributed by atoms with E-state index >= 15 is 0 Å². The Hall–Kier alpha value is -2.61. The first kappa shape index (κ1) is 19.7. The highest BCUT2D eigenvalue weighted by Crippen LogP contribution is 2.30. The number of thiophene rings is 1. The van der Waals surface area contributed by atoms with Gasteiger partial charge in [0.05, 0.1) is 18.4 Å². The van der Waals surface area contributed by atoms with Crippen LogP contribution in [0.25, 0.3) is 0 Å². The molecule has 1 amide bonds. The molecule has 0 radical (unpaired) electrons. The average molecular weight is 379 g/mol. The largest absolute Gasteiger partial charge is 0.462 e. The third-order valence-corrected chi connectivity index (χ3v) is 4.23. The summed E-state index contributed by atoms with van der Waals surface area (Å²) in [6.45, 7) is 5.56. The Balaban J connectivity index is 2.05. The third kappa shape index (κ3) is 5.19. The van der Waals surface area contributed by atoms with Gasteiger partial charge in [0, 0.05) is 0 Å². The quantitative estimate of drug-likeness (QED) is 0.705. The van der Waals surface area contributed by atoms with Gasteiger partial charge in [0.25, 0.3) is 5.91 Å². The zero-order chi connectivity index (χ0) is 19.1. The number of carbonyl (C=O) groups is 3. The van der Waals surface area contributed by atoms with E-state index in [1.165, 1.54) is 23.7 Å². The first-order valence-electron chi connectivity index (χ1n) is 8.20. The molecule has 140 valence electrons. The molecule has 0 saturated carbocycles. The van der Waals surface area contributed by atoms with E-state index in [1.54, 1.807) is 13.0 Å². The molecule has 0 aromatic carbocycles. The van der Waals surface area contributed by atoms with Gasteiger partial charge >= 0.3 is 11.9 Å². The number of carbonyl (C=O) groups excluding carboxylic acids is 3. The Morgan fingerprint density at radius 1 is 1.23 bits per heavy atom.